The molecule has 41 heavy (non-hydrogen) atoms. The third-order valence-electron chi connectivity index (χ3n) is 10.1. The topological polar surface area (TPSA) is 160 Å². The van der Waals surface area contributed by atoms with Crippen LogP contribution in [0.25, 0.3) is 0 Å². The molecule has 0 aromatic heterocycles. The van der Waals surface area contributed by atoms with Crippen LogP contribution in [0.2, 0.25) is 0 Å². The number of ether oxygens (including phenoxy) is 3. The van der Waals surface area contributed by atoms with Crippen LogP contribution in [0.5, 0.6) is 0 Å². The first-order chi connectivity index (χ1) is 18.3. The Morgan fingerprint density at radius 2 is 1.76 bits per heavy atom. The van der Waals surface area contributed by atoms with Gasteiger partial charge in [0.05, 0.1) is 24.2 Å². The molecule has 1 unspecified atom stereocenters. The van der Waals surface area contributed by atoms with Gasteiger partial charge in [-0.25, -0.2) is 4.79 Å². The first kappa shape index (κ1) is 34.8. The monoisotopic (exact) mass is 789 g/mol. The van der Waals surface area contributed by atoms with E-state index < -0.39 is 82.1 Å². The van der Waals surface area contributed by atoms with E-state index in [4.69, 9.17) is 21.1 Å². The number of esters is 2. The Bertz CT molecular complexity index is 1160. The molecule has 4 N–H and O–H groups in total. The fraction of sp³-hybridized carbons (Fsp3) is 0.733. The van der Waals surface area contributed by atoms with Crippen molar-refractivity contribution in [1.82, 2.24) is 0 Å². The Kier molecular flexibility index (Phi) is 9.92. The van der Waals surface area contributed by atoms with Gasteiger partial charge in [-0.05, 0) is 40.2 Å². The normalized spacial score (nSPS) is 40.7. The predicted molar refractivity (Wildman–Crippen MR) is 141 cm³/mol. The molecule has 0 aromatic carbocycles. The van der Waals surface area contributed by atoms with E-state index in [-0.39, 0.29) is 69.9 Å². The van der Waals surface area contributed by atoms with Crippen LogP contribution < -0.4 is 0 Å². The zero-order chi connectivity index (χ0) is 30.2. The first-order valence-corrected chi connectivity index (χ1v) is 13.8. The Morgan fingerprint density at radius 1 is 1.15 bits per heavy atom. The molecule has 3 aliphatic carbocycles. The molecule has 1 heterocycles. The Labute approximate surface area is 277 Å². The van der Waals surface area contributed by atoms with Crippen molar-refractivity contribution in [2.24, 2.45) is 22.7 Å². The molecule has 3 radical (unpaired) electrons. The SMILES string of the molecule is [Ac].[CH][C@@H](C=C(C)C)[C@@H](O)C(=O)OC1C[C@@]2(O)[C@@H](OC(C)=O)[C@@H]3[C@]4(O)CO[C@@H]4C[C@H](O)[C@@]3(C)C(=O)CC(=C1C)C2(C)C. The molecule has 225 valence electrons. The van der Waals surface area contributed by atoms with E-state index in [1.54, 1.807) is 41.5 Å². The minimum absolute atomic E-state index is 0. The van der Waals surface area contributed by atoms with Crippen LogP contribution in [0.4, 0.5) is 0 Å². The maximum atomic E-state index is 14.1. The summed E-state index contributed by atoms with van der Waals surface area (Å²) in [5.41, 5.74) is -4.62. The van der Waals surface area contributed by atoms with Gasteiger partial charge < -0.3 is 34.6 Å². The summed E-state index contributed by atoms with van der Waals surface area (Å²) in [6, 6.07) is 0. The van der Waals surface area contributed by atoms with E-state index in [0.29, 0.717) is 11.1 Å². The molecule has 1 saturated heterocycles. The number of ketones is 1. The van der Waals surface area contributed by atoms with E-state index in [1.807, 2.05) is 0 Å². The number of fused-ring (bicyclic) bond motifs is 5. The number of rotatable bonds is 5. The van der Waals surface area contributed by atoms with Crippen LogP contribution in [-0.4, -0.2) is 86.5 Å². The van der Waals surface area contributed by atoms with Gasteiger partial charge >= 0.3 is 11.9 Å². The summed E-state index contributed by atoms with van der Waals surface area (Å²) in [6.07, 6.45) is -5.25. The quantitative estimate of drug-likeness (QED) is 0.238. The minimum Gasteiger partial charge on any atom is -0.459 e. The number of aliphatic hydroxyl groups excluding tert-OH is 2. The molecule has 4 rings (SSSR count). The summed E-state index contributed by atoms with van der Waals surface area (Å²) in [5, 5.41) is 46.3. The summed E-state index contributed by atoms with van der Waals surface area (Å²) < 4.78 is 17.1. The number of allylic oxidation sites excluding steroid dienone is 1. The Morgan fingerprint density at radius 3 is 2.27 bits per heavy atom. The number of aliphatic hydroxyl groups is 4. The van der Waals surface area contributed by atoms with Gasteiger partial charge in [-0.1, -0.05) is 31.1 Å². The van der Waals surface area contributed by atoms with E-state index in [9.17, 15) is 34.8 Å². The van der Waals surface area contributed by atoms with Crippen molar-refractivity contribution in [3.63, 3.8) is 0 Å². The zero-order valence-corrected chi connectivity index (χ0v) is 29.6. The van der Waals surface area contributed by atoms with Crippen LogP contribution in [0.3, 0.4) is 0 Å². The van der Waals surface area contributed by atoms with E-state index in [1.165, 1.54) is 6.08 Å². The minimum atomic E-state index is -1.97. The average Bonchev–Trinajstić information content (AvgIpc) is 2.84. The van der Waals surface area contributed by atoms with Gasteiger partial charge in [0.2, 0.25) is 0 Å². The van der Waals surface area contributed by atoms with Crippen LogP contribution in [0.15, 0.2) is 22.8 Å². The van der Waals surface area contributed by atoms with Crippen molar-refractivity contribution in [2.45, 2.75) is 109 Å². The summed E-state index contributed by atoms with van der Waals surface area (Å²) in [6.45, 7) is 17.2. The molecule has 3 fully saturated rings. The number of carbonyl (C=O) groups excluding carboxylic acids is 3. The molecule has 4 aliphatic rings. The number of carbonyl (C=O) groups is 3. The van der Waals surface area contributed by atoms with Crippen molar-refractivity contribution < 1.29 is 93.1 Å². The second-order valence-corrected chi connectivity index (χ2v) is 13.0. The smallest absolute Gasteiger partial charge is 0.336 e. The first-order valence-electron chi connectivity index (χ1n) is 13.8. The van der Waals surface area contributed by atoms with Crippen molar-refractivity contribution in [1.29, 1.82) is 0 Å². The summed E-state index contributed by atoms with van der Waals surface area (Å²) >= 11 is 0. The van der Waals surface area contributed by atoms with Gasteiger partial charge in [0.25, 0.3) is 0 Å². The predicted octanol–water partition coefficient (Wildman–Crippen LogP) is 1.45. The summed E-state index contributed by atoms with van der Waals surface area (Å²) in [7, 11) is 0. The third-order valence-corrected chi connectivity index (χ3v) is 10.1. The van der Waals surface area contributed by atoms with Gasteiger partial charge in [-0.2, -0.15) is 0 Å². The van der Waals surface area contributed by atoms with E-state index in [2.05, 4.69) is 0 Å². The van der Waals surface area contributed by atoms with Crippen molar-refractivity contribution in [3.05, 3.63) is 29.7 Å². The Balaban J connectivity index is 0.00000462. The average molecular weight is 790 g/mol. The van der Waals surface area contributed by atoms with Crippen molar-refractivity contribution in [2.75, 3.05) is 6.61 Å². The summed E-state index contributed by atoms with van der Waals surface area (Å²) in [5.74, 6) is -4.41. The largest absolute Gasteiger partial charge is 0.459 e. The van der Waals surface area contributed by atoms with Crippen molar-refractivity contribution >= 4 is 17.7 Å². The van der Waals surface area contributed by atoms with Crippen molar-refractivity contribution in [3.8, 4) is 0 Å². The van der Waals surface area contributed by atoms with Gasteiger partial charge in [-0.15, -0.1) is 0 Å². The molecule has 0 aromatic rings. The van der Waals surface area contributed by atoms with E-state index in [0.717, 1.165) is 12.5 Å². The fourth-order valence-corrected chi connectivity index (χ4v) is 7.46. The molecule has 10 atom stereocenters. The maximum absolute atomic E-state index is 14.1. The molecular formula is C30H42AcO10. The number of Topliss-reactive ketones (excluding diaryl/α,β-unsaturated/α-hetero) is 1. The maximum Gasteiger partial charge on any atom is 0.336 e. The van der Waals surface area contributed by atoms with Gasteiger partial charge in [-0.3, -0.25) is 9.59 Å². The molecule has 0 spiro atoms. The molecule has 0 amide bonds. The Hall–Kier alpha value is -0.668. The fourth-order valence-electron chi connectivity index (χ4n) is 7.46. The van der Waals surface area contributed by atoms with Crippen LogP contribution in [0.1, 0.15) is 67.7 Å². The molecule has 10 nitrogen and oxygen atoms in total. The molecular weight excluding hydrogens is 747 g/mol. The zero-order valence-electron chi connectivity index (χ0n) is 24.8. The van der Waals surface area contributed by atoms with Crippen LogP contribution in [-0.2, 0) is 28.6 Å². The molecule has 1 aliphatic heterocycles. The van der Waals surface area contributed by atoms with E-state index >= 15 is 0 Å². The van der Waals surface area contributed by atoms with Gasteiger partial charge in [0, 0.05) is 87.5 Å². The molecule has 2 bridgehead atoms. The summed E-state index contributed by atoms with van der Waals surface area (Å²) in [4.78, 5) is 39.6. The third kappa shape index (κ3) is 5.34. The second-order valence-electron chi connectivity index (χ2n) is 13.0. The number of hydrogen-bond acceptors (Lipinski definition) is 10. The van der Waals surface area contributed by atoms with Gasteiger partial charge in [0.1, 0.15) is 29.2 Å². The van der Waals surface area contributed by atoms with Crippen LogP contribution >= 0.6 is 0 Å². The molecule has 11 heteroatoms. The standard InChI is InChI=1S/C30H42O10.Ac/c1-14(2)9-15(3)23(34)26(35)40-19-12-30(37)25(39-17(5)31)24-28(8,21(33)11-22-29(24,36)13-38-22)20(32)10-18(16(19)4)27(30,6)7;/h3,9,15,19,21-25,33-34,36-37H,10-13H2,1-2,4-8H3;/t15-,19?,21-,22+,23+,24-,25-,28+,29-,30+;/m0./s1. The molecule has 2 saturated carbocycles. The van der Waals surface area contributed by atoms with Crippen LogP contribution in [0, 0.1) is 73.7 Å². The van der Waals surface area contributed by atoms with Gasteiger partial charge in [0.15, 0.2) is 6.10 Å². The second kappa shape index (κ2) is 11.7. The number of hydrogen-bond donors (Lipinski definition) is 4.